The first kappa shape index (κ1) is 12.7. The number of ether oxygens (including phenoxy) is 1. The molecule has 86 valence electrons. The minimum atomic E-state index is 0.163. The zero-order valence-electron chi connectivity index (χ0n) is 9.46. The van der Waals surface area contributed by atoms with E-state index in [9.17, 15) is 0 Å². The third kappa shape index (κ3) is 3.32. The molecule has 0 amide bonds. The fourth-order valence-electron chi connectivity index (χ4n) is 1.39. The Bertz CT molecular complexity index is 387. The van der Waals surface area contributed by atoms with Crippen molar-refractivity contribution in [3.63, 3.8) is 0 Å². The Morgan fingerprint density at radius 1 is 1.56 bits per heavy atom. The molecule has 0 saturated carbocycles. The number of benzene rings is 1. The number of nitriles is 1. The van der Waals surface area contributed by atoms with Crippen LogP contribution in [0.15, 0.2) is 18.2 Å². The van der Waals surface area contributed by atoms with E-state index in [4.69, 9.17) is 21.6 Å². The van der Waals surface area contributed by atoms with Crippen molar-refractivity contribution in [1.29, 1.82) is 5.26 Å². The van der Waals surface area contributed by atoms with Gasteiger partial charge in [-0.05, 0) is 18.6 Å². The van der Waals surface area contributed by atoms with Crippen LogP contribution in [0.25, 0.3) is 0 Å². The first-order valence-electron chi connectivity index (χ1n) is 5.18. The van der Waals surface area contributed by atoms with Gasteiger partial charge in [-0.15, -0.1) is 0 Å². The third-order valence-electron chi connectivity index (χ3n) is 2.35. The highest BCUT2D eigenvalue weighted by molar-refractivity contribution is 6.32. The lowest BCUT2D eigenvalue weighted by atomic mass is 10.1. The van der Waals surface area contributed by atoms with Crippen LogP contribution in [0, 0.1) is 11.3 Å². The van der Waals surface area contributed by atoms with Gasteiger partial charge in [0, 0.05) is 17.8 Å². The summed E-state index contributed by atoms with van der Waals surface area (Å²) in [6, 6.07) is 7.82. The number of nitrogens with one attached hydrogen (secondary N) is 1. The van der Waals surface area contributed by atoms with E-state index in [1.165, 1.54) is 0 Å². The van der Waals surface area contributed by atoms with Crippen LogP contribution in [-0.2, 0) is 0 Å². The van der Waals surface area contributed by atoms with Crippen LogP contribution in [0.2, 0.25) is 5.02 Å². The van der Waals surface area contributed by atoms with E-state index < -0.39 is 0 Å². The molecule has 0 saturated heterocycles. The van der Waals surface area contributed by atoms with Crippen molar-refractivity contribution in [2.24, 2.45) is 0 Å². The summed E-state index contributed by atoms with van der Waals surface area (Å²) in [5, 5.41) is 12.5. The van der Waals surface area contributed by atoms with Gasteiger partial charge in [0.2, 0.25) is 0 Å². The molecule has 0 radical (unpaired) electrons. The van der Waals surface area contributed by atoms with Gasteiger partial charge < -0.3 is 10.1 Å². The molecular formula is C12H15ClN2O. The monoisotopic (exact) mass is 238 g/mol. The number of methoxy groups -OCH3 is 1. The summed E-state index contributed by atoms with van der Waals surface area (Å²) < 4.78 is 5.12. The summed E-state index contributed by atoms with van der Waals surface area (Å²) >= 11 is 5.92. The third-order valence-corrected chi connectivity index (χ3v) is 2.66. The molecule has 0 bridgehead atoms. The Hall–Kier alpha value is -1.40. The van der Waals surface area contributed by atoms with Crippen molar-refractivity contribution in [3.05, 3.63) is 23.2 Å². The number of anilines is 1. The van der Waals surface area contributed by atoms with Crippen molar-refractivity contribution in [2.75, 3.05) is 12.4 Å². The zero-order valence-corrected chi connectivity index (χ0v) is 10.2. The minimum Gasteiger partial charge on any atom is -0.495 e. The molecule has 0 heterocycles. The number of hydrogen-bond donors (Lipinski definition) is 1. The van der Waals surface area contributed by atoms with Gasteiger partial charge >= 0.3 is 0 Å². The van der Waals surface area contributed by atoms with Gasteiger partial charge in [0.05, 0.1) is 24.6 Å². The number of rotatable bonds is 5. The van der Waals surface area contributed by atoms with Crippen molar-refractivity contribution >= 4 is 17.3 Å². The van der Waals surface area contributed by atoms with E-state index in [0.717, 1.165) is 12.1 Å². The van der Waals surface area contributed by atoms with Gasteiger partial charge in [0.1, 0.15) is 5.75 Å². The molecular weight excluding hydrogens is 224 g/mol. The zero-order chi connectivity index (χ0) is 12.0. The van der Waals surface area contributed by atoms with E-state index in [-0.39, 0.29) is 6.04 Å². The first-order valence-corrected chi connectivity index (χ1v) is 5.56. The molecule has 1 aromatic rings. The maximum atomic E-state index is 8.65. The Kier molecular flexibility index (Phi) is 4.94. The summed E-state index contributed by atoms with van der Waals surface area (Å²) in [5.74, 6) is 0.637. The highest BCUT2D eigenvalue weighted by Crippen LogP contribution is 2.27. The molecule has 0 fully saturated rings. The van der Waals surface area contributed by atoms with Crippen LogP contribution in [0.1, 0.15) is 19.8 Å². The molecule has 0 aliphatic carbocycles. The van der Waals surface area contributed by atoms with Gasteiger partial charge in [-0.1, -0.05) is 18.5 Å². The van der Waals surface area contributed by atoms with Crippen LogP contribution in [-0.4, -0.2) is 13.2 Å². The van der Waals surface area contributed by atoms with Crippen LogP contribution in [0.5, 0.6) is 5.75 Å². The van der Waals surface area contributed by atoms with E-state index in [2.05, 4.69) is 11.4 Å². The van der Waals surface area contributed by atoms with Crippen molar-refractivity contribution in [2.45, 2.75) is 25.8 Å². The van der Waals surface area contributed by atoms with Gasteiger partial charge in [0.15, 0.2) is 0 Å². The molecule has 4 heteroatoms. The first-order chi connectivity index (χ1) is 7.71. The molecule has 1 rings (SSSR count). The van der Waals surface area contributed by atoms with Gasteiger partial charge in [-0.3, -0.25) is 0 Å². The summed E-state index contributed by atoms with van der Waals surface area (Å²) in [5.41, 5.74) is 0.920. The van der Waals surface area contributed by atoms with E-state index in [0.29, 0.717) is 17.2 Å². The minimum absolute atomic E-state index is 0.163. The smallest absolute Gasteiger partial charge is 0.139 e. The number of halogens is 1. The molecule has 0 spiro atoms. The van der Waals surface area contributed by atoms with Crippen molar-refractivity contribution < 1.29 is 4.74 Å². The molecule has 1 unspecified atom stereocenters. The SMILES string of the molecule is CCC(CC#N)Nc1ccc(Cl)c(OC)c1. The fourth-order valence-corrected chi connectivity index (χ4v) is 1.59. The second-order valence-electron chi connectivity index (χ2n) is 3.46. The van der Waals surface area contributed by atoms with Crippen LogP contribution in [0.4, 0.5) is 5.69 Å². The number of hydrogen-bond acceptors (Lipinski definition) is 3. The summed E-state index contributed by atoms with van der Waals surface area (Å²) in [6.45, 7) is 2.04. The van der Waals surface area contributed by atoms with E-state index in [1.807, 2.05) is 19.1 Å². The lowest BCUT2D eigenvalue weighted by molar-refractivity contribution is 0.415. The summed E-state index contributed by atoms with van der Waals surface area (Å²) in [7, 11) is 1.58. The highest BCUT2D eigenvalue weighted by atomic mass is 35.5. The maximum absolute atomic E-state index is 8.65. The molecule has 1 atom stereocenters. The summed E-state index contributed by atoms with van der Waals surface area (Å²) in [6.07, 6.45) is 1.39. The lowest BCUT2D eigenvalue weighted by Gasteiger charge is -2.16. The van der Waals surface area contributed by atoms with E-state index in [1.54, 1.807) is 13.2 Å². The van der Waals surface area contributed by atoms with Crippen LogP contribution in [0.3, 0.4) is 0 Å². The molecule has 0 aliphatic heterocycles. The van der Waals surface area contributed by atoms with Crippen molar-refractivity contribution in [1.82, 2.24) is 0 Å². The molecule has 16 heavy (non-hydrogen) atoms. The second kappa shape index (κ2) is 6.24. The highest BCUT2D eigenvalue weighted by Gasteiger charge is 2.07. The summed E-state index contributed by atoms with van der Waals surface area (Å²) in [4.78, 5) is 0. The normalized spacial score (nSPS) is 11.6. The quantitative estimate of drug-likeness (QED) is 0.855. The number of nitrogens with zero attached hydrogens (tertiary/aromatic N) is 1. The standard InChI is InChI=1S/C12H15ClN2O/c1-3-9(6-7-14)15-10-4-5-11(13)12(8-10)16-2/h4-5,8-9,15H,3,6H2,1-2H3. The maximum Gasteiger partial charge on any atom is 0.139 e. The predicted molar refractivity (Wildman–Crippen MR) is 65.9 cm³/mol. The van der Waals surface area contributed by atoms with Gasteiger partial charge in [0.25, 0.3) is 0 Å². The van der Waals surface area contributed by atoms with Gasteiger partial charge in [-0.25, -0.2) is 0 Å². The Balaban J connectivity index is 2.77. The lowest BCUT2D eigenvalue weighted by Crippen LogP contribution is -2.17. The second-order valence-corrected chi connectivity index (χ2v) is 3.87. The Labute approximate surface area is 101 Å². The topological polar surface area (TPSA) is 45.0 Å². The molecule has 0 aromatic heterocycles. The Morgan fingerprint density at radius 2 is 2.31 bits per heavy atom. The largest absolute Gasteiger partial charge is 0.495 e. The van der Waals surface area contributed by atoms with Crippen LogP contribution >= 0.6 is 11.6 Å². The molecule has 1 N–H and O–H groups in total. The molecule has 1 aromatic carbocycles. The van der Waals surface area contributed by atoms with Crippen LogP contribution < -0.4 is 10.1 Å². The fraction of sp³-hybridized carbons (Fsp3) is 0.417. The predicted octanol–water partition coefficient (Wildman–Crippen LogP) is 3.45. The average Bonchev–Trinajstić information content (AvgIpc) is 2.30. The molecule has 3 nitrogen and oxygen atoms in total. The van der Waals surface area contributed by atoms with Crippen molar-refractivity contribution in [3.8, 4) is 11.8 Å². The molecule has 0 aliphatic rings. The average molecular weight is 239 g/mol. The van der Waals surface area contributed by atoms with E-state index >= 15 is 0 Å². The Morgan fingerprint density at radius 3 is 2.88 bits per heavy atom. The van der Waals surface area contributed by atoms with Gasteiger partial charge in [-0.2, -0.15) is 5.26 Å².